The van der Waals surface area contributed by atoms with Gasteiger partial charge >= 0.3 is 0 Å². The van der Waals surface area contributed by atoms with Gasteiger partial charge < -0.3 is 20.2 Å². The van der Waals surface area contributed by atoms with Gasteiger partial charge in [0.1, 0.15) is 29.0 Å². The van der Waals surface area contributed by atoms with Crippen LogP contribution in [0.2, 0.25) is 5.02 Å². The van der Waals surface area contributed by atoms with Crippen LogP contribution >= 0.6 is 11.6 Å². The first-order valence-electron chi connectivity index (χ1n) is 11.2. The summed E-state index contributed by atoms with van der Waals surface area (Å²) < 4.78 is 40.2. The van der Waals surface area contributed by atoms with E-state index in [2.05, 4.69) is 9.97 Å². The van der Waals surface area contributed by atoms with Crippen molar-refractivity contribution >= 4 is 38.4 Å². The molecule has 3 N–H and O–H groups in total. The van der Waals surface area contributed by atoms with Crippen molar-refractivity contribution in [1.29, 1.82) is 0 Å². The van der Waals surface area contributed by atoms with Crippen LogP contribution in [0.3, 0.4) is 0 Å². The summed E-state index contributed by atoms with van der Waals surface area (Å²) in [4.78, 5) is 18.7. The first-order chi connectivity index (χ1) is 17.3. The number of carbonyl (C=O) groups excluding carboxylic acids is 1. The topological polar surface area (TPSA) is 128 Å². The molecule has 2 aromatic heterocycles. The van der Waals surface area contributed by atoms with Crippen LogP contribution < -0.4 is 10.5 Å². The summed E-state index contributed by atoms with van der Waals surface area (Å²) in [5.74, 6) is -0.233. The third-order valence-electron chi connectivity index (χ3n) is 5.96. The maximum atomic E-state index is 13.6. The van der Waals surface area contributed by atoms with E-state index >= 15 is 0 Å². The van der Waals surface area contributed by atoms with Gasteiger partial charge in [-0.1, -0.05) is 23.7 Å². The number of hydrogen-bond donors (Lipinski definition) is 2. The summed E-state index contributed by atoms with van der Waals surface area (Å²) in [6.45, 7) is 0.528. The molecule has 3 heterocycles. The molecular weight excluding hydrogens is 504 g/mol. The van der Waals surface area contributed by atoms with Crippen molar-refractivity contribution in [1.82, 2.24) is 14.3 Å². The minimum atomic E-state index is -4.09. The van der Waals surface area contributed by atoms with Crippen LogP contribution in [-0.4, -0.2) is 61.0 Å². The third-order valence-corrected chi connectivity index (χ3v) is 8.15. The summed E-state index contributed by atoms with van der Waals surface area (Å²) in [6.07, 6.45) is 2.97. The zero-order valence-electron chi connectivity index (χ0n) is 19.1. The van der Waals surface area contributed by atoms with E-state index in [4.69, 9.17) is 26.8 Å². The molecule has 186 valence electrons. The number of morpholine rings is 1. The smallest absolute Gasteiger partial charge is 0.266 e. The molecular formula is C25H23ClN4O5S. The van der Waals surface area contributed by atoms with Crippen LogP contribution in [0.15, 0.2) is 71.9 Å². The monoisotopic (exact) mass is 526 g/mol. The third kappa shape index (κ3) is 4.80. The fourth-order valence-electron chi connectivity index (χ4n) is 4.20. The van der Waals surface area contributed by atoms with E-state index in [1.54, 1.807) is 24.5 Å². The Bertz CT molecular complexity index is 1510. The van der Waals surface area contributed by atoms with Gasteiger partial charge in [0.05, 0.1) is 6.61 Å². The van der Waals surface area contributed by atoms with E-state index in [9.17, 15) is 13.2 Å². The Morgan fingerprint density at radius 3 is 2.58 bits per heavy atom. The number of fused-ring (bicyclic) bond motifs is 1. The van der Waals surface area contributed by atoms with Crippen molar-refractivity contribution in [3.63, 3.8) is 0 Å². The number of sulfonamides is 1. The average Bonchev–Trinajstić information content (AvgIpc) is 3.28. The van der Waals surface area contributed by atoms with Gasteiger partial charge in [0.15, 0.2) is 0 Å². The van der Waals surface area contributed by atoms with E-state index in [1.165, 1.54) is 10.4 Å². The van der Waals surface area contributed by atoms with Gasteiger partial charge in [-0.05, 0) is 53.6 Å². The van der Waals surface area contributed by atoms with Crippen molar-refractivity contribution in [2.75, 3.05) is 26.3 Å². The molecule has 0 spiro atoms. The minimum absolute atomic E-state index is 0.0584. The number of pyridine rings is 1. The normalized spacial score (nSPS) is 16.8. The first kappa shape index (κ1) is 24.3. The lowest BCUT2D eigenvalue weighted by Crippen LogP contribution is -2.47. The lowest BCUT2D eigenvalue weighted by Gasteiger charge is -2.32. The zero-order valence-corrected chi connectivity index (χ0v) is 20.6. The standard InChI is InChI=1S/C25H23ClN4O5S/c26-18-3-6-22-21(13-18)24(23(29-22)25(27)31)36(32,33)30-11-12-34-20(14-30)15-35-19-4-1-16(2-5-19)17-7-9-28-10-8-17/h1-10,13,20,29H,11-12,14-15H2,(H2,27,31)/t20-/m0/s1. The minimum Gasteiger partial charge on any atom is -0.491 e. The van der Waals surface area contributed by atoms with Crippen LogP contribution in [0.5, 0.6) is 5.75 Å². The van der Waals surface area contributed by atoms with Crippen molar-refractivity contribution in [2.24, 2.45) is 5.73 Å². The van der Waals surface area contributed by atoms with Crippen LogP contribution in [0.4, 0.5) is 0 Å². The van der Waals surface area contributed by atoms with Crippen molar-refractivity contribution in [2.45, 2.75) is 11.0 Å². The molecule has 4 aromatic rings. The van der Waals surface area contributed by atoms with Crippen LogP contribution in [0.1, 0.15) is 10.5 Å². The van der Waals surface area contributed by atoms with Gasteiger partial charge in [0.2, 0.25) is 10.0 Å². The number of nitrogens with two attached hydrogens (primary N) is 1. The van der Waals surface area contributed by atoms with Gasteiger partial charge in [0.25, 0.3) is 5.91 Å². The van der Waals surface area contributed by atoms with Crippen molar-refractivity contribution in [3.8, 4) is 16.9 Å². The van der Waals surface area contributed by atoms with Gasteiger partial charge in [-0.2, -0.15) is 4.31 Å². The second kappa shape index (κ2) is 9.90. The maximum Gasteiger partial charge on any atom is 0.266 e. The van der Waals surface area contributed by atoms with Crippen molar-refractivity contribution < 1.29 is 22.7 Å². The first-order valence-corrected chi connectivity index (χ1v) is 13.0. The van der Waals surface area contributed by atoms with E-state index in [-0.39, 0.29) is 36.9 Å². The fraction of sp³-hybridized carbons (Fsp3) is 0.200. The Kier molecular flexibility index (Phi) is 6.67. The number of amides is 1. The van der Waals surface area contributed by atoms with Crippen LogP contribution in [0.25, 0.3) is 22.0 Å². The molecule has 1 fully saturated rings. The quantitative estimate of drug-likeness (QED) is 0.379. The summed E-state index contributed by atoms with van der Waals surface area (Å²) in [5.41, 5.74) is 7.84. The van der Waals surface area contributed by atoms with E-state index < -0.39 is 22.0 Å². The van der Waals surface area contributed by atoms with Gasteiger partial charge in [-0.25, -0.2) is 8.42 Å². The summed E-state index contributed by atoms with van der Waals surface area (Å²) in [7, 11) is -4.09. The lowest BCUT2D eigenvalue weighted by atomic mass is 10.1. The summed E-state index contributed by atoms with van der Waals surface area (Å²) in [5, 5.41) is 0.655. The van der Waals surface area contributed by atoms with Crippen LogP contribution in [0, 0.1) is 0 Å². The maximum absolute atomic E-state index is 13.6. The molecule has 0 bridgehead atoms. The number of halogens is 1. The second-order valence-electron chi connectivity index (χ2n) is 8.31. The van der Waals surface area contributed by atoms with Crippen molar-refractivity contribution in [3.05, 3.63) is 77.7 Å². The number of carbonyl (C=O) groups is 1. The average molecular weight is 527 g/mol. The number of benzene rings is 2. The number of nitrogens with zero attached hydrogens (tertiary/aromatic N) is 2. The van der Waals surface area contributed by atoms with Gasteiger partial charge in [-0.15, -0.1) is 0 Å². The molecule has 9 nitrogen and oxygen atoms in total. The number of rotatable bonds is 7. The summed E-state index contributed by atoms with van der Waals surface area (Å²) >= 11 is 6.10. The Labute approximate surface area is 212 Å². The number of aromatic nitrogens is 2. The molecule has 0 radical (unpaired) electrons. The molecule has 11 heteroatoms. The number of ether oxygens (including phenoxy) is 2. The molecule has 36 heavy (non-hydrogen) atoms. The Morgan fingerprint density at radius 1 is 1.14 bits per heavy atom. The second-order valence-corrected chi connectivity index (χ2v) is 10.6. The Hall–Kier alpha value is -3.44. The fourth-order valence-corrected chi connectivity index (χ4v) is 6.16. The predicted octanol–water partition coefficient (Wildman–Crippen LogP) is 3.45. The Balaban J connectivity index is 1.32. The Morgan fingerprint density at radius 2 is 1.86 bits per heavy atom. The van der Waals surface area contributed by atoms with E-state index in [0.29, 0.717) is 21.7 Å². The van der Waals surface area contributed by atoms with Gasteiger partial charge in [-0.3, -0.25) is 9.78 Å². The molecule has 1 aliphatic heterocycles. The molecule has 0 unspecified atom stereocenters. The molecule has 2 aromatic carbocycles. The zero-order chi connectivity index (χ0) is 25.3. The van der Waals surface area contributed by atoms with Gasteiger partial charge in [0, 0.05) is 41.4 Å². The molecule has 0 aliphatic carbocycles. The number of nitrogens with one attached hydrogen (secondary N) is 1. The predicted molar refractivity (Wildman–Crippen MR) is 135 cm³/mol. The van der Waals surface area contributed by atoms with Crippen LogP contribution in [-0.2, 0) is 14.8 Å². The number of primary amides is 1. The number of H-pyrrole nitrogens is 1. The highest BCUT2D eigenvalue weighted by Gasteiger charge is 2.36. The lowest BCUT2D eigenvalue weighted by molar-refractivity contribution is -0.0249. The summed E-state index contributed by atoms with van der Waals surface area (Å²) in [6, 6.07) is 16.1. The highest BCUT2D eigenvalue weighted by Crippen LogP contribution is 2.32. The van der Waals surface area contributed by atoms with E-state index in [0.717, 1.165) is 11.1 Å². The molecule has 0 saturated carbocycles. The molecule has 1 atom stereocenters. The largest absolute Gasteiger partial charge is 0.491 e. The highest BCUT2D eigenvalue weighted by molar-refractivity contribution is 7.89. The number of aromatic amines is 1. The highest BCUT2D eigenvalue weighted by atomic mass is 35.5. The number of hydrogen-bond acceptors (Lipinski definition) is 6. The molecule has 5 rings (SSSR count). The molecule has 1 saturated heterocycles. The molecule has 1 amide bonds. The van der Waals surface area contributed by atoms with E-state index in [1.807, 2.05) is 36.4 Å². The SMILES string of the molecule is NC(=O)c1[nH]c2ccc(Cl)cc2c1S(=O)(=O)N1CCO[C@H](COc2ccc(-c3ccncc3)cc2)C1. The molecule has 1 aliphatic rings.